The van der Waals surface area contributed by atoms with Crippen molar-refractivity contribution in [3.63, 3.8) is 0 Å². The van der Waals surface area contributed by atoms with Crippen molar-refractivity contribution in [2.75, 3.05) is 0 Å². The predicted molar refractivity (Wildman–Crippen MR) is 88.7 cm³/mol. The minimum Gasteiger partial charge on any atom is -0.508 e. The number of rotatable bonds is 5. The molecule has 3 N–H and O–H groups in total. The van der Waals surface area contributed by atoms with Gasteiger partial charge in [0.2, 0.25) is 0 Å². The number of hydrogen-bond acceptors (Lipinski definition) is 3. The average molecular weight is 313 g/mol. The van der Waals surface area contributed by atoms with Crippen LogP contribution < -0.4 is 5.73 Å². The maximum absolute atomic E-state index is 13.9. The van der Waals surface area contributed by atoms with Crippen LogP contribution in [0.25, 0.3) is 11.0 Å². The molecule has 4 nitrogen and oxygen atoms in total. The smallest absolute Gasteiger partial charge is 0.130 e. The number of phenolic OH excluding ortho intramolecular Hbond substituents is 1. The number of fused-ring (bicyclic) bond motifs is 1. The van der Waals surface area contributed by atoms with Crippen molar-refractivity contribution < 1.29 is 9.50 Å². The van der Waals surface area contributed by atoms with Gasteiger partial charge in [0.15, 0.2) is 0 Å². The molecule has 1 heterocycles. The number of phenols is 1. The van der Waals surface area contributed by atoms with E-state index < -0.39 is 11.4 Å². The lowest BCUT2D eigenvalue weighted by Crippen LogP contribution is -2.39. The highest BCUT2D eigenvalue weighted by atomic mass is 19.1. The van der Waals surface area contributed by atoms with Crippen LogP contribution in [0.15, 0.2) is 48.8 Å². The molecule has 1 atom stereocenters. The first-order chi connectivity index (χ1) is 10.9. The molecule has 0 saturated heterocycles. The van der Waals surface area contributed by atoms with E-state index in [4.69, 9.17) is 5.73 Å². The highest BCUT2D eigenvalue weighted by Crippen LogP contribution is 2.22. The summed E-state index contributed by atoms with van der Waals surface area (Å²) in [6, 6.07) is 12.1. The van der Waals surface area contributed by atoms with E-state index in [1.807, 2.05) is 37.5 Å². The van der Waals surface area contributed by atoms with Crippen molar-refractivity contribution in [2.24, 2.45) is 5.73 Å². The molecule has 3 aromatic rings. The van der Waals surface area contributed by atoms with Crippen LogP contribution in [0.4, 0.5) is 4.39 Å². The predicted octanol–water partition coefficient (Wildman–Crippen LogP) is 3.23. The minimum absolute atomic E-state index is 0.0742. The van der Waals surface area contributed by atoms with Crippen LogP contribution in [0.1, 0.15) is 18.9 Å². The lowest BCUT2D eigenvalue weighted by Gasteiger charge is -2.25. The Bertz CT molecular complexity index is 826. The summed E-state index contributed by atoms with van der Waals surface area (Å²) in [6.07, 6.45) is 2.90. The molecule has 1 unspecified atom stereocenters. The average Bonchev–Trinajstić information content (AvgIpc) is 2.92. The number of nitrogens with zero attached hydrogens (tertiary/aromatic N) is 2. The number of aryl methyl sites for hydroxylation is 1. The number of imidazole rings is 1. The second-order valence-corrected chi connectivity index (χ2v) is 6.28. The van der Waals surface area contributed by atoms with Gasteiger partial charge in [-0.05, 0) is 43.5 Å². The summed E-state index contributed by atoms with van der Waals surface area (Å²) < 4.78 is 15.9. The molecular weight excluding hydrogens is 293 g/mol. The molecule has 0 aliphatic carbocycles. The molecule has 0 fully saturated rings. The van der Waals surface area contributed by atoms with Gasteiger partial charge in [0.05, 0.1) is 17.4 Å². The van der Waals surface area contributed by atoms with Crippen LogP contribution in [-0.2, 0) is 13.0 Å². The minimum atomic E-state index is -0.552. The molecule has 2 aromatic carbocycles. The number of halogens is 1. The summed E-state index contributed by atoms with van der Waals surface area (Å²) in [6.45, 7) is 2.63. The number of aromatic nitrogens is 2. The molecular formula is C18H20FN3O. The molecule has 0 spiro atoms. The van der Waals surface area contributed by atoms with Crippen molar-refractivity contribution >= 4 is 11.0 Å². The van der Waals surface area contributed by atoms with Crippen molar-refractivity contribution in [1.82, 2.24) is 9.55 Å². The molecule has 120 valence electrons. The number of aromatic hydroxyl groups is 1. The van der Waals surface area contributed by atoms with E-state index in [1.54, 1.807) is 6.07 Å². The SMILES string of the molecule is CC(N)(CCn1cnc2ccccc21)Cc1ccc(O)cc1F. The summed E-state index contributed by atoms with van der Waals surface area (Å²) in [4.78, 5) is 4.36. The van der Waals surface area contributed by atoms with E-state index in [0.29, 0.717) is 24.9 Å². The van der Waals surface area contributed by atoms with Gasteiger partial charge in [0.1, 0.15) is 11.6 Å². The van der Waals surface area contributed by atoms with Crippen molar-refractivity contribution in [1.29, 1.82) is 0 Å². The molecule has 0 bridgehead atoms. The lowest BCUT2D eigenvalue weighted by atomic mass is 9.90. The molecule has 5 heteroatoms. The van der Waals surface area contributed by atoms with Crippen LogP contribution in [0, 0.1) is 5.82 Å². The summed E-state index contributed by atoms with van der Waals surface area (Å²) in [5.41, 5.74) is 8.34. The molecule has 1 aromatic heterocycles. The van der Waals surface area contributed by atoms with Crippen LogP contribution in [0.5, 0.6) is 5.75 Å². The molecule has 0 aliphatic rings. The third-order valence-corrected chi connectivity index (χ3v) is 4.08. The zero-order valence-corrected chi connectivity index (χ0v) is 13.0. The Morgan fingerprint density at radius 3 is 2.83 bits per heavy atom. The zero-order valence-electron chi connectivity index (χ0n) is 13.0. The van der Waals surface area contributed by atoms with Gasteiger partial charge in [0.25, 0.3) is 0 Å². The third kappa shape index (κ3) is 3.51. The topological polar surface area (TPSA) is 64.1 Å². The van der Waals surface area contributed by atoms with E-state index in [0.717, 1.165) is 17.1 Å². The fourth-order valence-corrected chi connectivity index (χ4v) is 2.77. The van der Waals surface area contributed by atoms with E-state index in [9.17, 15) is 9.50 Å². The quantitative estimate of drug-likeness (QED) is 0.760. The highest BCUT2D eigenvalue weighted by molar-refractivity contribution is 5.74. The van der Waals surface area contributed by atoms with Gasteiger partial charge in [0, 0.05) is 18.2 Å². The van der Waals surface area contributed by atoms with Crippen LogP contribution in [0.2, 0.25) is 0 Å². The molecule has 0 amide bonds. The number of para-hydroxylation sites is 2. The summed E-state index contributed by atoms with van der Waals surface area (Å²) in [5.74, 6) is -0.496. The Hall–Kier alpha value is -2.40. The van der Waals surface area contributed by atoms with Gasteiger partial charge >= 0.3 is 0 Å². The zero-order chi connectivity index (χ0) is 16.4. The maximum atomic E-state index is 13.9. The standard InChI is InChI=1S/C18H20FN3O/c1-18(20,11-13-6-7-14(23)10-15(13)19)8-9-22-12-21-16-4-2-3-5-17(16)22/h2-7,10,12,23H,8-9,11,20H2,1H3. The maximum Gasteiger partial charge on any atom is 0.130 e. The molecule has 3 rings (SSSR count). The van der Waals surface area contributed by atoms with E-state index in [1.165, 1.54) is 6.07 Å². The second kappa shape index (κ2) is 6.01. The number of nitrogens with two attached hydrogens (primary N) is 1. The fraction of sp³-hybridized carbons (Fsp3) is 0.278. The summed E-state index contributed by atoms with van der Waals surface area (Å²) in [5, 5.41) is 9.28. The summed E-state index contributed by atoms with van der Waals surface area (Å²) >= 11 is 0. The molecule has 0 aliphatic heterocycles. The normalized spacial score (nSPS) is 14.0. The largest absolute Gasteiger partial charge is 0.508 e. The Labute approximate surface area is 134 Å². The second-order valence-electron chi connectivity index (χ2n) is 6.28. The first-order valence-corrected chi connectivity index (χ1v) is 7.61. The van der Waals surface area contributed by atoms with E-state index in [-0.39, 0.29) is 5.75 Å². The lowest BCUT2D eigenvalue weighted by molar-refractivity contribution is 0.394. The van der Waals surface area contributed by atoms with Crippen LogP contribution >= 0.6 is 0 Å². The van der Waals surface area contributed by atoms with Crippen LogP contribution in [-0.4, -0.2) is 20.2 Å². The highest BCUT2D eigenvalue weighted by Gasteiger charge is 2.21. The Kier molecular flexibility index (Phi) is 4.05. The number of hydrogen-bond donors (Lipinski definition) is 2. The van der Waals surface area contributed by atoms with E-state index in [2.05, 4.69) is 9.55 Å². The van der Waals surface area contributed by atoms with Crippen molar-refractivity contribution in [3.8, 4) is 5.75 Å². The first kappa shape index (κ1) is 15.5. The Morgan fingerprint density at radius 1 is 1.26 bits per heavy atom. The fourth-order valence-electron chi connectivity index (χ4n) is 2.77. The van der Waals surface area contributed by atoms with Crippen molar-refractivity contribution in [3.05, 3.63) is 60.2 Å². The third-order valence-electron chi connectivity index (χ3n) is 4.08. The van der Waals surface area contributed by atoms with Gasteiger partial charge in [-0.1, -0.05) is 18.2 Å². The Morgan fingerprint density at radius 2 is 2.04 bits per heavy atom. The van der Waals surface area contributed by atoms with Gasteiger partial charge in [-0.3, -0.25) is 0 Å². The van der Waals surface area contributed by atoms with Gasteiger partial charge < -0.3 is 15.4 Å². The first-order valence-electron chi connectivity index (χ1n) is 7.61. The van der Waals surface area contributed by atoms with Gasteiger partial charge in [-0.25, -0.2) is 9.37 Å². The van der Waals surface area contributed by atoms with Crippen LogP contribution in [0.3, 0.4) is 0 Å². The Balaban J connectivity index is 1.71. The molecule has 23 heavy (non-hydrogen) atoms. The molecule has 0 radical (unpaired) electrons. The number of benzene rings is 2. The monoisotopic (exact) mass is 313 g/mol. The van der Waals surface area contributed by atoms with Gasteiger partial charge in [-0.2, -0.15) is 0 Å². The summed E-state index contributed by atoms with van der Waals surface area (Å²) in [7, 11) is 0. The van der Waals surface area contributed by atoms with Gasteiger partial charge in [-0.15, -0.1) is 0 Å². The van der Waals surface area contributed by atoms with E-state index >= 15 is 0 Å². The van der Waals surface area contributed by atoms with Crippen molar-refractivity contribution in [2.45, 2.75) is 31.8 Å². The molecule has 0 saturated carbocycles.